The van der Waals surface area contributed by atoms with Crippen LogP contribution in [-0.4, -0.2) is 130 Å². The standard InChI is InChI=1S/C26H32N4O9.H2O4S/c1-9-10-6-7-11(28-12(31)8-29(2)3)19(32)14(10)20(33)15-13(9)21(34)17-18(30(4)5)22(35)16(25(27)38)24(37)26(17,39)23(15)36;1-5(2,3)4/h6-7,9,13,15-18,21,32,34,39H,8H2,1-5H3,(H2,27,38)(H,28,31);(H2,1,2,3,4)/t9?,13?,15?,16?,17?,18-,21?,26-;/m0./s1. The summed E-state index contributed by atoms with van der Waals surface area (Å²) in [6.45, 7) is 1.59. The zero-order chi connectivity index (χ0) is 33.8. The van der Waals surface area contributed by atoms with Crippen molar-refractivity contribution >= 4 is 51.0 Å². The number of likely N-dealkylation sites (N-methyl/N-ethyl adjacent to an activating group) is 2. The normalized spacial score (nSPS) is 31.5. The summed E-state index contributed by atoms with van der Waals surface area (Å²) in [7, 11) is 1.52. The molecule has 0 heterocycles. The minimum atomic E-state index is -4.67. The zero-order valence-electron chi connectivity index (χ0n) is 24.3. The Labute approximate surface area is 251 Å². The summed E-state index contributed by atoms with van der Waals surface area (Å²) in [4.78, 5) is 81.5. The second-order valence-electron chi connectivity index (χ2n) is 11.5. The van der Waals surface area contributed by atoms with Crippen molar-refractivity contribution in [3.8, 4) is 5.75 Å². The van der Waals surface area contributed by atoms with Gasteiger partial charge in [-0.05, 0) is 45.7 Å². The maximum Gasteiger partial charge on any atom is 0.394 e. The summed E-state index contributed by atoms with van der Waals surface area (Å²) in [6.07, 6.45) is -1.71. The predicted octanol–water partition coefficient (Wildman–Crippen LogP) is -2.75. The SMILES string of the molecule is CC1c2ccc(NC(=O)CN(C)C)c(O)c2C(=O)C2C(=O)[C@]3(O)C(=O)C(C(N)=O)C(=O)[C@@H](N(C)C)C3C(O)C21.O=S(=O)(O)O. The number of nitrogens with zero attached hydrogens (tertiary/aromatic N) is 2. The summed E-state index contributed by atoms with van der Waals surface area (Å²) in [5, 5.41) is 36.7. The second-order valence-corrected chi connectivity index (χ2v) is 12.4. The second kappa shape index (κ2) is 12.0. The van der Waals surface area contributed by atoms with E-state index >= 15 is 0 Å². The average Bonchev–Trinajstić information content (AvgIpc) is 2.85. The van der Waals surface area contributed by atoms with Crippen molar-refractivity contribution in [2.75, 3.05) is 40.1 Å². The third kappa shape index (κ3) is 5.88. The van der Waals surface area contributed by atoms with Gasteiger partial charge in [0.25, 0.3) is 0 Å². The number of rotatable bonds is 5. The van der Waals surface area contributed by atoms with Crippen molar-refractivity contribution in [2.45, 2.75) is 30.6 Å². The van der Waals surface area contributed by atoms with E-state index in [-0.39, 0.29) is 23.4 Å². The molecule has 242 valence electrons. The Balaban J connectivity index is 0.000000978. The first-order valence-electron chi connectivity index (χ1n) is 13.1. The number of fused-ring (bicyclic) bond motifs is 3. The van der Waals surface area contributed by atoms with Crippen LogP contribution in [0.15, 0.2) is 12.1 Å². The molecule has 0 radical (unpaired) electrons. The maximum atomic E-state index is 13.9. The molecule has 44 heavy (non-hydrogen) atoms. The van der Waals surface area contributed by atoms with E-state index in [1.807, 2.05) is 0 Å². The molecule has 0 bridgehead atoms. The van der Waals surface area contributed by atoms with Crippen LogP contribution in [-0.2, 0) is 34.4 Å². The molecule has 18 heteroatoms. The lowest BCUT2D eigenvalue weighted by molar-refractivity contribution is -0.196. The van der Waals surface area contributed by atoms with Crippen molar-refractivity contribution in [1.29, 1.82) is 0 Å². The van der Waals surface area contributed by atoms with Crippen LogP contribution in [0.2, 0.25) is 0 Å². The lowest BCUT2D eigenvalue weighted by Crippen LogP contribution is -2.77. The quantitative estimate of drug-likeness (QED) is 0.0973. The third-order valence-corrected chi connectivity index (χ3v) is 8.22. The van der Waals surface area contributed by atoms with E-state index in [4.69, 9.17) is 23.3 Å². The van der Waals surface area contributed by atoms with Gasteiger partial charge < -0.3 is 31.3 Å². The number of phenolic OH excluding ortho intramolecular Hbond substituents is 1. The number of ketones is 4. The number of nitrogens with one attached hydrogen (secondary N) is 1. The summed E-state index contributed by atoms with van der Waals surface area (Å²) < 4.78 is 31.6. The first kappa shape index (κ1) is 34.8. The molecular formula is C26H34N4O13S. The average molecular weight is 643 g/mol. The molecule has 2 amide bonds. The van der Waals surface area contributed by atoms with Gasteiger partial charge in [-0.15, -0.1) is 0 Å². The van der Waals surface area contributed by atoms with E-state index in [0.29, 0.717) is 0 Å². The number of anilines is 1. The van der Waals surface area contributed by atoms with E-state index in [2.05, 4.69) is 5.32 Å². The van der Waals surface area contributed by atoms with Crippen molar-refractivity contribution in [3.05, 3.63) is 23.3 Å². The van der Waals surface area contributed by atoms with E-state index in [9.17, 15) is 44.1 Å². The third-order valence-electron chi connectivity index (χ3n) is 8.22. The molecule has 1 aromatic rings. The summed E-state index contributed by atoms with van der Waals surface area (Å²) in [5.74, 6) is -14.6. The van der Waals surface area contributed by atoms with Crippen molar-refractivity contribution < 1.29 is 61.6 Å². The predicted molar refractivity (Wildman–Crippen MR) is 149 cm³/mol. The molecule has 2 fully saturated rings. The van der Waals surface area contributed by atoms with Crippen molar-refractivity contribution in [2.24, 2.45) is 29.4 Å². The summed E-state index contributed by atoms with van der Waals surface area (Å²) in [5.41, 5.74) is 2.15. The highest BCUT2D eigenvalue weighted by molar-refractivity contribution is 7.79. The van der Waals surface area contributed by atoms with Gasteiger partial charge in [-0.2, -0.15) is 8.42 Å². The molecule has 0 aromatic heterocycles. The van der Waals surface area contributed by atoms with Gasteiger partial charge in [0, 0.05) is 5.92 Å². The molecule has 0 aliphatic heterocycles. The number of hydrogen-bond acceptors (Lipinski definition) is 13. The molecule has 6 unspecified atom stereocenters. The number of hydrogen-bond donors (Lipinski definition) is 7. The fourth-order valence-corrected chi connectivity index (χ4v) is 6.57. The van der Waals surface area contributed by atoms with Crippen LogP contribution >= 0.6 is 0 Å². The van der Waals surface area contributed by atoms with E-state index in [1.165, 1.54) is 31.1 Å². The Morgan fingerprint density at radius 2 is 1.59 bits per heavy atom. The molecule has 3 aliphatic carbocycles. The topological polar surface area (TPSA) is 282 Å². The van der Waals surface area contributed by atoms with Crippen molar-refractivity contribution in [3.63, 3.8) is 0 Å². The number of phenols is 1. The first-order valence-corrected chi connectivity index (χ1v) is 14.5. The van der Waals surface area contributed by atoms with E-state index in [1.54, 1.807) is 25.9 Å². The fraction of sp³-hybridized carbons (Fsp3) is 0.538. The van der Waals surface area contributed by atoms with Crippen LogP contribution in [0.25, 0.3) is 0 Å². The Morgan fingerprint density at radius 1 is 1.05 bits per heavy atom. The number of amides is 2. The van der Waals surface area contributed by atoms with Gasteiger partial charge in [0.05, 0.1) is 41.8 Å². The monoisotopic (exact) mass is 642 g/mol. The largest absolute Gasteiger partial charge is 0.505 e. The smallest absolute Gasteiger partial charge is 0.394 e. The van der Waals surface area contributed by atoms with Gasteiger partial charge in [0.15, 0.2) is 34.7 Å². The number of aliphatic hydroxyl groups is 2. The lowest BCUT2D eigenvalue weighted by Gasteiger charge is -2.56. The highest BCUT2D eigenvalue weighted by Gasteiger charge is 2.72. The number of nitrogens with two attached hydrogens (primary N) is 1. The van der Waals surface area contributed by atoms with Crippen LogP contribution in [0.1, 0.15) is 28.8 Å². The Bertz CT molecular complexity index is 1530. The maximum absolute atomic E-state index is 13.9. The van der Waals surface area contributed by atoms with Gasteiger partial charge in [-0.3, -0.25) is 42.8 Å². The first-order chi connectivity index (χ1) is 20.1. The van der Waals surface area contributed by atoms with Gasteiger partial charge in [-0.25, -0.2) is 0 Å². The van der Waals surface area contributed by atoms with Crippen LogP contribution in [0.3, 0.4) is 0 Å². The van der Waals surface area contributed by atoms with Gasteiger partial charge in [0.1, 0.15) is 5.75 Å². The van der Waals surface area contributed by atoms with Gasteiger partial charge >= 0.3 is 10.4 Å². The summed E-state index contributed by atoms with van der Waals surface area (Å²) in [6, 6.07) is 1.45. The minimum Gasteiger partial charge on any atom is -0.505 e. The molecule has 2 saturated carbocycles. The Morgan fingerprint density at radius 3 is 2.07 bits per heavy atom. The molecule has 0 saturated heterocycles. The van der Waals surface area contributed by atoms with E-state index in [0.717, 1.165) is 0 Å². The summed E-state index contributed by atoms with van der Waals surface area (Å²) >= 11 is 0. The highest BCUT2D eigenvalue weighted by Crippen LogP contribution is 2.55. The molecule has 3 aliphatic rings. The zero-order valence-corrected chi connectivity index (χ0v) is 25.1. The molecule has 17 nitrogen and oxygen atoms in total. The molecule has 4 rings (SSSR count). The van der Waals surface area contributed by atoms with Crippen LogP contribution in [0.4, 0.5) is 5.69 Å². The Hall–Kier alpha value is -3.65. The van der Waals surface area contributed by atoms with Crippen molar-refractivity contribution in [1.82, 2.24) is 9.80 Å². The van der Waals surface area contributed by atoms with Crippen LogP contribution in [0, 0.1) is 23.7 Å². The fourth-order valence-electron chi connectivity index (χ4n) is 6.57. The lowest BCUT2D eigenvalue weighted by atomic mass is 9.49. The molecule has 8 atom stereocenters. The van der Waals surface area contributed by atoms with Crippen LogP contribution in [0.5, 0.6) is 5.75 Å². The number of carbonyl (C=O) groups excluding carboxylic acids is 6. The van der Waals surface area contributed by atoms with Crippen LogP contribution < -0.4 is 11.1 Å². The molecule has 8 N–H and O–H groups in total. The highest BCUT2D eigenvalue weighted by atomic mass is 32.3. The van der Waals surface area contributed by atoms with Gasteiger partial charge in [-0.1, -0.05) is 13.0 Å². The number of primary amides is 1. The number of aromatic hydroxyl groups is 1. The number of benzene rings is 1. The minimum absolute atomic E-state index is 0.0143. The number of carbonyl (C=O) groups is 6. The Kier molecular flexibility index (Phi) is 9.53. The molecular weight excluding hydrogens is 608 g/mol. The van der Waals surface area contributed by atoms with Gasteiger partial charge in [0.2, 0.25) is 11.8 Å². The molecule has 1 aromatic carbocycles. The molecule has 0 spiro atoms. The number of aliphatic hydroxyl groups excluding tert-OH is 1. The number of Topliss-reactive ketones (excluding diaryl/α,β-unsaturated/α-hetero) is 4. The van der Waals surface area contributed by atoms with E-state index < -0.39 is 98.4 Å².